The van der Waals surface area contributed by atoms with Crippen LogP contribution in [0.2, 0.25) is 0 Å². The molecule has 0 aliphatic rings. The fourth-order valence-corrected chi connectivity index (χ4v) is 4.05. The highest BCUT2D eigenvalue weighted by molar-refractivity contribution is 7.87. The number of halogens is 1. The second-order valence-corrected chi connectivity index (χ2v) is 9.15. The van der Waals surface area contributed by atoms with Crippen LogP contribution in [0.15, 0.2) is 89.8 Å². The molecule has 0 radical (unpaired) electrons. The lowest BCUT2D eigenvalue weighted by molar-refractivity contribution is -0.128. The smallest absolute Gasteiger partial charge is 0.339 e. The third kappa shape index (κ3) is 6.76. The molecule has 0 bridgehead atoms. The topological polar surface area (TPSA) is 63.7 Å². The molecule has 0 spiro atoms. The number of hydrogen-bond acceptors (Lipinski definition) is 4. The van der Waals surface area contributed by atoms with Crippen molar-refractivity contribution in [2.45, 2.75) is 37.8 Å². The summed E-state index contributed by atoms with van der Waals surface area (Å²) in [7, 11) is -4.07. The minimum Gasteiger partial charge on any atom is -0.379 e. The van der Waals surface area contributed by atoms with Gasteiger partial charge in [0.1, 0.15) is 16.5 Å². The fraction of sp³-hybridized carbons (Fsp3) is 0.192. The largest absolute Gasteiger partial charge is 0.379 e. The van der Waals surface area contributed by atoms with Gasteiger partial charge in [-0.25, -0.2) is 4.39 Å². The molecule has 0 N–H and O–H groups in total. The molecule has 0 saturated heterocycles. The van der Waals surface area contributed by atoms with Gasteiger partial charge in [0, 0.05) is 18.7 Å². The van der Waals surface area contributed by atoms with Crippen LogP contribution in [0.1, 0.15) is 31.4 Å². The minimum atomic E-state index is -4.07. The number of hydrogen-bond donors (Lipinski definition) is 0. The molecule has 3 aromatic rings. The predicted molar refractivity (Wildman–Crippen MR) is 126 cm³/mol. The van der Waals surface area contributed by atoms with Crippen LogP contribution in [-0.2, 0) is 21.5 Å². The van der Waals surface area contributed by atoms with E-state index in [1.807, 2.05) is 44.2 Å². The van der Waals surface area contributed by atoms with Gasteiger partial charge in [-0.05, 0) is 66.9 Å². The molecule has 0 heterocycles. The molecule has 33 heavy (non-hydrogen) atoms. The van der Waals surface area contributed by atoms with E-state index >= 15 is 0 Å². The number of rotatable bonds is 9. The normalized spacial score (nSPS) is 12.5. The van der Waals surface area contributed by atoms with Crippen LogP contribution < -0.4 is 4.18 Å². The van der Waals surface area contributed by atoms with Crippen molar-refractivity contribution < 1.29 is 21.8 Å². The molecular weight excluding hydrogens is 441 g/mol. The van der Waals surface area contributed by atoms with Gasteiger partial charge >= 0.3 is 10.1 Å². The summed E-state index contributed by atoms with van der Waals surface area (Å²) in [5, 5.41) is 0. The van der Waals surface area contributed by atoms with Crippen LogP contribution in [0.3, 0.4) is 0 Å². The Bertz CT molecular complexity index is 1190. The third-order valence-corrected chi connectivity index (χ3v) is 6.47. The van der Waals surface area contributed by atoms with Crippen molar-refractivity contribution in [3.63, 3.8) is 0 Å². The van der Waals surface area contributed by atoms with Gasteiger partial charge in [-0.3, -0.25) is 4.79 Å². The van der Waals surface area contributed by atoms with E-state index in [9.17, 15) is 17.6 Å². The van der Waals surface area contributed by atoms with Crippen LogP contribution in [0.4, 0.5) is 4.39 Å². The van der Waals surface area contributed by atoms with E-state index in [4.69, 9.17) is 4.18 Å². The van der Waals surface area contributed by atoms with Gasteiger partial charge < -0.3 is 9.08 Å². The molecule has 0 fully saturated rings. The van der Waals surface area contributed by atoms with E-state index in [0.29, 0.717) is 6.54 Å². The van der Waals surface area contributed by atoms with E-state index < -0.39 is 15.9 Å². The molecule has 3 aromatic carbocycles. The first-order valence-corrected chi connectivity index (χ1v) is 12.0. The van der Waals surface area contributed by atoms with Crippen molar-refractivity contribution in [1.29, 1.82) is 0 Å². The summed E-state index contributed by atoms with van der Waals surface area (Å²) in [5.41, 5.74) is 1.78. The minimum absolute atomic E-state index is 0.0210. The zero-order valence-corrected chi connectivity index (χ0v) is 19.3. The van der Waals surface area contributed by atoms with Gasteiger partial charge in [-0.2, -0.15) is 8.42 Å². The first kappa shape index (κ1) is 24.2. The maximum atomic E-state index is 13.1. The average Bonchev–Trinajstić information content (AvgIpc) is 2.82. The van der Waals surface area contributed by atoms with Crippen molar-refractivity contribution in [3.05, 3.63) is 102 Å². The number of carbonyl (C=O) groups excluding carboxylic acids is 1. The van der Waals surface area contributed by atoms with Gasteiger partial charge in [-0.15, -0.1) is 0 Å². The number of amides is 1. The third-order valence-electron chi connectivity index (χ3n) is 5.21. The first-order chi connectivity index (χ1) is 15.8. The average molecular weight is 468 g/mol. The molecule has 1 amide bonds. The summed E-state index contributed by atoms with van der Waals surface area (Å²) in [6.07, 6.45) is 4.14. The van der Waals surface area contributed by atoms with Crippen molar-refractivity contribution in [3.8, 4) is 5.75 Å². The molecule has 1 atom stereocenters. The summed E-state index contributed by atoms with van der Waals surface area (Å²) in [5.74, 6) is -0.502. The van der Waals surface area contributed by atoms with Crippen molar-refractivity contribution in [1.82, 2.24) is 4.90 Å². The van der Waals surface area contributed by atoms with Crippen LogP contribution >= 0.6 is 0 Å². The second kappa shape index (κ2) is 10.9. The molecule has 0 aliphatic carbocycles. The van der Waals surface area contributed by atoms with Crippen LogP contribution in [-0.4, -0.2) is 25.3 Å². The van der Waals surface area contributed by atoms with E-state index in [0.717, 1.165) is 41.8 Å². The molecule has 1 unspecified atom stereocenters. The summed E-state index contributed by atoms with van der Waals surface area (Å²) < 4.78 is 43.0. The second-order valence-electron chi connectivity index (χ2n) is 7.60. The molecule has 0 aliphatic heterocycles. The van der Waals surface area contributed by atoms with Crippen LogP contribution in [0.25, 0.3) is 6.08 Å². The summed E-state index contributed by atoms with van der Waals surface area (Å²) in [4.78, 5) is 14.5. The van der Waals surface area contributed by atoms with Crippen molar-refractivity contribution >= 4 is 22.1 Å². The Morgan fingerprint density at radius 3 is 2.24 bits per heavy atom. The molecule has 0 aromatic heterocycles. The number of carbonyl (C=O) groups is 1. The van der Waals surface area contributed by atoms with Gasteiger partial charge in [0.2, 0.25) is 5.91 Å². The SMILES string of the molecule is CCC(C)N(Cc1ccc(OS(=O)(=O)c2ccc(F)cc2)cc1)C(=O)/C=C/c1ccccc1. The van der Waals surface area contributed by atoms with E-state index in [1.165, 1.54) is 12.1 Å². The lowest BCUT2D eigenvalue weighted by Gasteiger charge is -2.27. The molecule has 0 saturated carbocycles. The highest BCUT2D eigenvalue weighted by Gasteiger charge is 2.19. The molecule has 5 nitrogen and oxygen atoms in total. The van der Waals surface area contributed by atoms with Gasteiger partial charge in [0.25, 0.3) is 0 Å². The Morgan fingerprint density at radius 2 is 1.64 bits per heavy atom. The molecular formula is C26H26FNO4S. The Labute approximate surface area is 194 Å². The summed E-state index contributed by atoms with van der Waals surface area (Å²) in [6, 6.07) is 20.6. The fourth-order valence-electron chi connectivity index (χ4n) is 3.12. The Morgan fingerprint density at radius 1 is 1.00 bits per heavy atom. The van der Waals surface area contributed by atoms with E-state index in [-0.39, 0.29) is 22.6 Å². The van der Waals surface area contributed by atoms with Gasteiger partial charge in [0.15, 0.2) is 0 Å². The number of nitrogens with zero attached hydrogens (tertiary/aromatic N) is 1. The zero-order valence-electron chi connectivity index (χ0n) is 18.5. The maximum absolute atomic E-state index is 13.1. The van der Waals surface area contributed by atoms with Gasteiger partial charge in [-0.1, -0.05) is 49.4 Å². The highest BCUT2D eigenvalue weighted by Crippen LogP contribution is 2.21. The van der Waals surface area contributed by atoms with Crippen LogP contribution in [0, 0.1) is 5.82 Å². The monoisotopic (exact) mass is 467 g/mol. The van der Waals surface area contributed by atoms with Crippen molar-refractivity contribution in [2.75, 3.05) is 0 Å². The lowest BCUT2D eigenvalue weighted by atomic mass is 10.1. The Balaban J connectivity index is 1.70. The quantitative estimate of drug-likeness (QED) is 0.311. The molecule has 172 valence electrons. The predicted octanol–water partition coefficient (Wildman–Crippen LogP) is 5.43. The van der Waals surface area contributed by atoms with E-state index in [2.05, 4.69) is 0 Å². The molecule has 3 rings (SSSR count). The zero-order chi connectivity index (χ0) is 23.8. The van der Waals surface area contributed by atoms with Crippen LogP contribution in [0.5, 0.6) is 5.75 Å². The summed E-state index contributed by atoms with van der Waals surface area (Å²) in [6.45, 7) is 4.38. The Hall–Kier alpha value is -3.45. The highest BCUT2D eigenvalue weighted by atomic mass is 32.2. The standard InChI is InChI=1S/C26H26FNO4S/c1-3-20(2)28(26(29)18-11-21-7-5-4-6-8-21)19-22-9-14-24(15-10-22)32-33(30,31)25-16-12-23(27)13-17-25/h4-18,20H,3,19H2,1-2H3/b18-11+. The first-order valence-electron chi connectivity index (χ1n) is 10.6. The number of benzene rings is 3. The maximum Gasteiger partial charge on any atom is 0.339 e. The lowest BCUT2D eigenvalue weighted by Crippen LogP contribution is -2.36. The molecule has 7 heteroatoms. The van der Waals surface area contributed by atoms with Crippen molar-refractivity contribution in [2.24, 2.45) is 0 Å². The Kier molecular flexibility index (Phi) is 8.01. The summed E-state index contributed by atoms with van der Waals surface area (Å²) >= 11 is 0. The van der Waals surface area contributed by atoms with Gasteiger partial charge in [0.05, 0.1) is 0 Å². The van der Waals surface area contributed by atoms with E-state index in [1.54, 1.807) is 29.2 Å².